The average molecular weight is 152 g/mol. The number of nitriles is 1. The SMILES string of the molecule is CN1CC(O)(C2(C#N)CC2)C1. The molecule has 1 heterocycles. The predicted octanol–water partition coefficient (Wildman–Crippen LogP) is -0.0333. The average Bonchev–Trinajstić information content (AvgIpc) is 2.64. The van der Waals surface area contributed by atoms with Gasteiger partial charge < -0.3 is 10.0 Å². The van der Waals surface area contributed by atoms with Crippen LogP contribution in [0.15, 0.2) is 0 Å². The number of β-amino-alcohol motifs (C(OH)–C–C–N with tert-alkyl or cyclic N) is 1. The Morgan fingerprint density at radius 3 is 2.27 bits per heavy atom. The van der Waals surface area contributed by atoms with E-state index in [4.69, 9.17) is 5.26 Å². The summed E-state index contributed by atoms with van der Waals surface area (Å²) in [6, 6.07) is 2.24. The molecular weight excluding hydrogens is 140 g/mol. The Bertz CT molecular complexity index is 221. The van der Waals surface area contributed by atoms with E-state index in [9.17, 15) is 5.11 Å². The van der Waals surface area contributed by atoms with Gasteiger partial charge in [-0.3, -0.25) is 0 Å². The summed E-state index contributed by atoms with van der Waals surface area (Å²) < 4.78 is 0. The highest BCUT2D eigenvalue weighted by Gasteiger charge is 2.63. The molecule has 2 rings (SSSR count). The Labute approximate surface area is 66.2 Å². The number of hydrogen-bond donors (Lipinski definition) is 1. The Morgan fingerprint density at radius 1 is 1.45 bits per heavy atom. The number of aliphatic hydroxyl groups is 1. The number of hydrogen-bond acceptors (Lipinski definition) is 3. The van der Waals surface area contributed by atoms with Crippen molar-refractivity contribution in [3.63, 3.8) is 0 Å². The van der Waals surface area contributed by atoms with E-state index in [1.807, 2.05) is 11.9 Å². The first kappa shape index (κ1) is 7.08. The molecule has 0 unspecified atom stereocenters. The van der Waals surface area contributed by atoms with Crippen LogP contribution in [0.1, 0.15) is 12.8 Å². The first-order valence-electron chi connectivity index (χ1n) is 3.94. The maximum absolute atomic E-state index is 9.91. The summed E-state index contributed by atoms with van der Waals surface area (Å²) in [7, 11) is 1.96. The largest absolute Gasteiger partial charge is 0.386 e. The Kier molecular flexibility index (Phi) is 1.14. The highest BCUT2D eigenvalue weighted by Crippen LogP contribution is 2.56. The summed E-state index contributed by atoms with van der Waals surface area (Å²) in [6.45, 7) is 1.33. The molecule has 1 saturated carbocycles. The smallest absolute Gasteiger partial charge is 0.108 e. The van der Waals surface area contributed by atoms with E-state index >= 15 is 0 Å². The van der Waals surface area contributed by atoms with Gasteiger partial charge in [-0.15, -0.1) is 0 Å². The maximum atomic E-state index is 9.91. The van der Waals surface area contributed by atoms with Gasteiger partial charge >= 0.3 is 0 Å². The van der Waals surface area contributed by atoms with Crippen LogP contribution in [0, 0.1) is 16.7 Å². The molecule has 0 amide bonds. The van der Waals surface area contributed by atoms with Crippen LogP contribution in [0.25, 0.3) is 0 Å². The summed E-state index contributed by atoms with van der Waals surface area (Å²) in [4.78, 5) is 2.04. The molecule has 60 valence electrons. The molecule has 0 radical (unpaired) electrons. The highest BCUT2D eigenvalue weighted by atomic mass is 16.3. The zero-order chi connectivity index (χ0) is 8.11. The Morgan fingerprint density at radius 2 is 2.00 bits per heavy atom. The van der Waals surface area contributed by atoms with Crippen molar-refractivity contribution >= 4 is 0 Å². The van der Waals surface area contributed by atoms with E-state index in [-0.39, 0.29) is 5.41 Å². The van der Waals surface area contributed by atoms with Crippen molar-refractivity contribution in [1.82, 2.24) is 4.90 Å². The third-order valence-electron chi connectivity index (χ3n) is 2.92. The Hall–Kier alpha value is -0.590. The molecule has 0 atom stereocenters. The quantitative estimate of drug-likeness (QED) is 0.574. The second-order valence-corrected chi connectivity index (χ2v) is 3.90. The van der Waals surface area contributed by atoms with Crippen molar-refractivity contribution in [2.75, 3.05) is 20.1 Å². The Balaban J connectivity index is 2.12. The number of likely N-dealkylation sites (tertiary alicyclic amines) is 1. The summed E-state index contributed by atoms with van der Waals surface area (Å²) in [6.07, 6.45) is 1.77. The number of nitrogens with zero attached hydrogens (tertiary/aromatic N) is 2. The summed E-state index contributed by atoms with van der Waals surface area (Å²) in [5.41, 5.74) is -1.06. The van der Waals surface area contributed by atoms with Crippen LogP contribution in [-0.2, 0) is 0 Å². The second-order valence-electron chi connectivity index (χ2n) is 3.90. The minimum absolute atomic E-state index is 0.375. The van der Waals surface area contributed by atoms with E-state index in [0.717, 1.165) is 12.8 Å². The van der Waals surface area contributed by atoms with Gasteiger partial charge in [0.25, 0.3) is 0 Å². The monoisotopic (exact) mass is 152 g/mol. The molecule has 0 aromatic carbocycles. The van der Waals surface area contributed by atoms with Gasteiger partial charge in [0.2, 0.25) is 0 Å². The van der Waals surface area contributed by atoms with Gasteiger partial charge in [-0.2, -0.15) is 5.26 Å². The van der Waals surface area contributed by atoms with Gasteiger partial charge in [0.05, 0.1) is 11.5 Å². The molecule has 0 spiro atoms. The van der Waals surface area contributed by atoms with Gasteiger partial charge in [0.15, 0.2) is 0 Å². The fourth-order valence-corrected chi connectivity index (χ4v) is 1.96. The van der Waals surface area contributed by atoms with Crippen molar-refractivity contribution in [2.24, 2.45) is 5.41 Å². The lowest BCUT2D eigenvalue weighted by Crippen LogP contribution is -2.64. The van der Waals surface area contributed by atoms with Crippen LogP contribution < -0.4 is 0 Å². The van der Waals surface area contributed by atoms with Crippen molar-refractivity contribution in [3.8, 4) is 6.07 Å². The summed E-state index contributed by atoms with van der Waals surface area (Å²) in [5, 5.41) is 18.7. The first-order chi connectivity index (χ1) is 5.12. The third kappa shape index (κ3) is 0.741. The molecule has 0 aromatic rings. The topological polar surface area (TPSA) is 47.3 Å². The number of rotatable bonds is 1. The van der Waals surface area contributed by atoms with Crippen molar-refractivity contribution < 1.29 is 5.11 Å². The van der Waals surface area contributed by atoms with Crippen LogP contribution in [-0.4, -0.2) is 35.7 Å². The van der Waals surface area contributed by atoms with Crippen LogP contribution in [0.2, 0.25) is 0 Å². The molecule has 11 heavy (non-hydrogen) atoms. The van der Waals surface area contributed by atoms with E-state index in [0.29, 0.717) is 13.1 Å². The first-order valence-corrected chi connectivity index (χ1v) is 3.94. The molecule has 1 aliphatic carbocycles. The fourth-order valence-electron chi connectivity index (χ4n) is 1.96. The number of likely N-dealkylation sites (N-methyl/N-ethyl adjacent to an activating group) is 1. The van der Waals surface area contributed by atoms with Gasteiger partial charge in [-0.05, 0) is 19.9 Å². The van der Waals surface area contributed by atoms with Crippen molar-refractivity contribution in [2.45, 2.75) is 18.4 Å². The molecule has 0 aromatic heterocycles. The maximum Gasteiger partial charge on any atom is 0.108 e. The van der Waals surface area contributed by atoms with E-state index in [2.05, 4.69) is 6.07 Å². The second kappa shape index (κ2) is 1.77. The van der Waals surface area contributed by atoms with Crippen LogP contribution in [0.4, 0.5) is 0 Å². The van der Waals surface area contributed by atoms with Gasteiger partial charge in [-0.25, -0.2) is 0 Å². The van der Waals surface area contributed by atoms with E-state index < -0.39 is 5.60 Å². The predicted molar refractivity (Wildman–Crippen MR) is 39.7 cm³/mol. The van der Waals surface area contributed by atoms with Crippen LogP contribution in [0.3, 0.4) is 0 Å². The molecule has 2 fully saturated rings. The van der Waals surface area contributed by atoms with Crippen molar-refractivity contribution in [3.05, 3.63) is 0 Å². The summed E-state index contributed by atoms with van der Waals surface area (Å²) in [5.74, 6) is 0. The molecule has 0 bridgehead atoms. The minimum atomic E-state index is -0.684. The molecule has 1 N–H and O–H groups in total. The minimum Gasteiger partial charge on any atom is -0.386 e. The van der Waals surface area contributed by atoms with Gasteiger partial charge in [0.1, 0.15) is 5.60 Å². The zero-order valence-corrected chi connectivity index (χ0v) is 6.67. The molecule has 1 aliphatic heterocycles. The lowest BCUT2D eigenvalue weighted by molar-refractivity contribution is -0.121. The fraction of sp³-hybridized carbons (Fsp3) is 0.875. The standard InChI is InChI=1S/C8H12N2O/c1-10-5-8(11,6-10)7(4-9)2-3-7/h11H,2-3,5-6H2,1H3. The van der Waals surface area contributed by atoms with E-state index in [1.54, 1.807) is 0 Å². The lowest BCUT2D eigenvalue weighted by Gasteiger charge is -2.47. The van der Waals surface area contributed by atoms with Crippen LogP contribution >= 0.6 is 0 Å². The van der Waals surface area contributed by atoms with E-state index in [1.165, 1.54) is 0 Å². The molecule has 3 nitrogen and oxygen atoms in total. The third-order valence-corrected chi connectivity index (χ3v) is 2.92. The molecule has 3 heteroatoms. The highest BCUT2D eigenvalue weighted by molar-refractivity contribution is 5.24. The summed E-state index contributed by atoms with van der Waals surface area (Å²) >= 11 is 0. The van der Waals surface area contributed by atoms with Gasteiger partial charge in [0, 0.05) is 13.1 Å². The molecule has 2 aliphatic rings. The van der Waals surface area contributed by atoms with Gasteiger partial charge in [-0.1, -0.05) is 0 Å². The zero-order valence-electron chi connectivity index (χ0n) is 6.67. The lowest BCUT2D eigenvalue weighted by atomic mass is 9.79. The normalized spacial score (nSPS) is 32.1. The molecule has 1 saturated heterocycles. The van der Waals surface area contributed by atoms with Crippen LogP contribution in [0.5, 0.6) is 0 Å². The molecular formula is C8H12N2O. The van der Waals surface area contributed by atoms with Crippen molar-refractivity contribution in [1.29, 1.82) is 5.26 Å².